The second-order valence-corrected chi connectivity index (χ2v) is 8.13. The third-order valence-corrected chi connectivity index (χ3v) is 6.19. The smallest absolute Gasteiger partial charge is 0.231 e. The first-order valence-corrected chi connectivity index (χ1v) is 10.4. The minimum absolute atomic E-state index is 0.0371. The van der Waals surface area contributed by atoms with Gasteiger partial charge in [-0.2, -0.15) is 0 Å². The van der Waals surface area contributed by atoms with E-state index in [0.29, 0.717) is 21.9 Å². The molecule has 0 spiro atoms. The standard InChI is InChI=1S/C20H11BF5N5O2S/c21-8-3-9-10(33-6-32-9)4-11(8)34-20-30-17-18(27)28-5-29-19(17)31(20)2-1-7-12(22)14(24)16(26)15(25)13(7)23/h3-5H,1-2,6H2,(H2,27,28,29). The molecule has 34 heavy (non-hydrogen) atoms. The molecule has 1 aliphatic heterocycles. The van der Waals surface area contributed by atoms with E-state index in [9.17, 15) is 22.0 Å². The SMILES string of the molecule is [B]c1cc2c(cc1Sc1nc3c(N)ncnc3n1CCc1c(F)c(F)c(F)c(F)c1F)OCO2. The summed E-state index contributed by atoms with van der Waals surface area (Å²) in [5.74, 6) is -9.08. The number of rotatable bonds is 5. The van der Waals surface area contributed by atoms with Crippen molar-refractivity contribution < 1.29 is 31.4 Å². The minimum atomic E-state index is -2.22. The van der Waals surface area contributed by atoms with Crippen LogP contribution in [0.25, 0.3) is 11.2 Å². The zero-order chi connectivity index (χ0) is 24.1. The van der Waals surface area contributed by atoms with Crippen LogP contribution in [0.5, 0.6) is 11.5 Å². The summed E-state index contributed by atoms with van der Waals surface area (Å²) in [6.07, 6.45) is 0.614. The number of aromatic nitrogens is 4. The molecule has 2 radical (unpaired) electrons. The normalized spacial score (nSPS) is 12.6. The van der Waals surface area contributed by atoms with Crippen LogP contribution in [0, 0.1) is 29.1 Å². The molecule has 0 saturated heterocycles. The van der Waals surface area contributed by atoms with E-state index in [1.165, 1.54) is 4.57 Å². The van der Waals surface area contributed by atoms with Crippen LogP contribution in [0.2, 0.25) is 0 Å². The molecule has 2 N–H and O–H groups in total. The topological polar surface area (TPSA) is 88.1 Å². The van der Waals surface area contributed by atoms with E-state index in [2.05, 4.69) is 15.0 Å². The van der Waals surface area contributed by atoms with Gasteiger partial charge >= 0.3 is 0 Å². The Bertz CT molecular complexity index is 1440. The summed E-state index contributed by atoms with van der Waals surface area (Å²) in [6.45, 7) is -0.201. The Morgan fingerprint density at radius 1 is 0.971 bits per heavy atom. The van der Waals surface area contributed by atoms with Gasteiger partial charge in [-0.3, -0.25) is 0 Å². The van der Waals surface area contributed by atoms with E-state index in [-0.39, 0.29) is 35.5 Å². The van der Waals surface area contributed by atoms with Crippen LogP contribution in [-0.4, -0.2) is 34.2 Å². The number of nitrogens with zero attached hydrogens (tertiary/aromatic N) is 4. The average molecular weight is 491 g/mol. The number of hydrogen-bond acceptors (Lipinski definition) is 7. The van der Waals surface area contributed by atoms with Gasteiger partial charge in [0.2, 0.25) is 12.6 Å². The zero-order valence-electron chi connectivity index (χ0n) is 16.9. The molecular formula is C20H11BF5N5O2S. The Morgan fingerprint density at radius 2 is 1.62 bits per heavy atom. The summed E-state index contributed by atoms with van der Waals surface area (Å²) in [6, 6.07) is 3.20. The first-order chi connectivity index (χ1) is 16.3. The number of aryl methyl sites for hydroxylation is 1. The molecule has 0 saturated carbocycles. The van der Waals surface area contributed by atoms with E-state index in [1.54, 1.807) is 12.1 Å². The lowest BCUT2D eigenvalue weighted by Gasteiger charge is -2.12. The van der Waals surface area contributed by atoms with Crippen molar-refractivity contribution in [3.63, 3.8) is 0 Å². The number of anilines is 1. The highest BCUT2D eigenvalue weighted by molar-refractivity contribution is 7.99. The maximum atomic E-state index is 14.2. The van der Waals surface area contributed by atoms with Crippen LogP contribution in [0.1, 0.15) is 5.56 Å². The molecule has 172 valence electrons. The lowest BCUT2D eigenvalue weighted by atomic mass is 9.96. The van der Waals surface area contributed by atoms with Crippen LogP contribution >= 0.6 is 11.8 Å². The molecule has 0 bridgehead atoms. The van der Waals surface area contributed by atoms with Crippen molar-refractivity contribution in [2.24, 2.45) is 0 Å². The Kier molecular flexibility index (Phi) is 5.46. The number of hydrogen-bond donors (Lipinski definition) is 1. The molecule has 7 nitrogen and oxygen atoms in total. The summed E-state index contributed by atoms with van der Waals surface area (Å²) >= 11 is 1.07. The van der Waals surface area contributed by atoms with Gasteiger partial charge in [0.1, 0.15) is 14.2 Å². The van der Waals surface area contributed by atoms with Crippen molar-refractivity contribution in [3.05, 3.63) is 53.1 Å². The highest BCUT2D eigenvalue weighted by Crippen LogP contribution is 2.37. The third-order valence-electron chi connectivity index (χ3n) is 5.12. The lowest BCUT2D eigenvalue weighted by molar-refractivity contribution is 0.174. The lowest BCUT2D eigenvalue weighted by Crippen LogP contribution is -2.12. The van der Waals surface area contributed by atoms with Crippen molar-refractivity contribution in [1.29, 1.82) is 0 Å². The quantitative estimate of drug-likeness (QED) is 0.199. The van der Waals surface area contributed by atoms with E-state index in [4.69, 9.17) is 23.1 Å². The van der Waals surface area contributed by atoms with E-state index < -0.39 is 41.1 Å². The van der Waals surface area contributed by atoms with Crippen molar-refractivity contribution in [1.82, 2.24) is 19.5 Å². The predicted molar refractivity (Wildman–Crippen MR) is 112 cm³/mol. The Hall–Kier alpha value is -3.55. The van der Waals surface area contributed by atoms with E-state index in [0.717, 1.165) is 18.1 Å². The first kappa shape index (κ1) is 22.3. The summed E-state index contributed by atoms with van der Waals surface area (Å²) in [5, 5.41) is 0.247. The molecule has 2 aromatic heterocycles. The van der Waals surface area contributed by atoms with Gasteiger partial charge in [-0.25, -0.2) is 36.9 Å². The summed E-state index contributed by atoms with van der Waals surface area (Å²) in [5.41, 5.74) is 5.67. The fourth-order valence-corrected chi connectivity index (χ4v) is 4.40. The first-order valence-electron chi connectivity index (χ1n) is 9.60. The molecule has 5 rings (SSSR count). The van der Waals surface area contributed by atoms with Gasteiger partial charge in [-0.15, -0.1) is 0 Å². The third kappa shape index (κ3) is 3.58. The number of benzene rings is 2. The molecule has 0 amide bonds. The van der Waals surface area contributed by atoms with Gasteiger partial charge in [-0.1, -0.05) is 17.2 Å². The summed E-state index contributed by atoms with van der Waals surface area (Å²) in [4.78, 5) is 12.9. The molecule has 3 heterocycles. The maximum Gasteiger partial charge on any atom is 0.231 e. The Morgan fingerprint density at radius 3 is 2.32 bits per heavy atom. The zero-order valence-corrected chi connectivity index (χ0v) is 17.7. The average Bonchev–Trinajstić information content (AvgIpc) is 3.41. The second-order valence-electron chi connectivity index (χ2n) is 7.12. The number of nitrogen functional groups attached to an aromatic ring is 1. The highest BCUT2D eigenvalue weighted by atomic mass is 32.2. The summed E-state index contributed by atoms with van der Waals surface area (Å²) < 4.78 is 81.1. The number of imidazole rings is 1. The Balaban J connectivity index is 1.56. The predicted octanol–water partition coefficient (Wildman–Crippen LogP) is 3.02. The van der Waals surface area contributed by atoms with Gasteiger partial charge in [0, 0.05) is 17.0 Å². The monoisotopic (exact) mass is 491 g/mol. The van der Waals surface area contributed by atoms with Gasteiger partial charge < -0.3 is 19.8 Å². The van der Waals surface area contributed by atoms with Crippen molar-refractivity contribution in [2.75, 3.05) is 12.5 Å². The van der Waals surface area contributed by atoms with Crippen molar-refractivity contribution >= 4 is 42.1 Å². The van der Waals surface area contributed by atoms with E-state index in [1.807, 2.05) is 0 Å². The van der Waals surface area contributed by atoms with Crippen LogP contribution in [0.3, 0.4) is 0 Å². The van der Waals surface area contributed by atoms with Gasteiger partial charge in [0.25, 0.3) is 0 Å². The van der Waals surface area contributed by atoms with Gasteiger partial charge in [-0.05, 0) is 18.6 Å². The molecule has 14 heteroatoms. The number of fused-ring (bicyclic) bond motifs is 2. The summed E-state index contributed by atoms with van der Waals surface area (Å²) in [7, 11) is 6.10. The molecule has 0 aliphatic carbocycles. The molecule has 2 aromatic carbocycles. The maximum absolute atomic E-state index is 14.2. The largest absolute Gasteiger partial charge is 0.454 e. The fraction of sp³-hybridized carbons (Fsp3) is 0.150. The second kappa shape index (κ2) is 8.35. The Labute approximate surface area is 193 Å². The van der Waals surface area contributed by atoms with E-state index >= 15 is 0 Å². The molecule has 0 unspecified atom stereocenters. The van der Waals surface area contributed by atoms with Crippen LogP contribution < -0.4 is 20.7 Å². The van der Waals surface area contributed by atoms with Crippen LogP contribution in [-0.2, 0) is 13.0 Å². The number of ether oxygens (including phenoxy) is 2. The highest BCUT2D eigenvalue weighted by Gasteiger charge is 2.26. The molecule has 4 aromatic rings. The molecule has 1 aliphatic rings. The minimum Gasteiger partial charge on any atom is -0.454 e. The number of halogens is 5. The van der Waals surface area contributed by atoms with Gasteiger partial charge in [0.05, 0.1) is 0 Å². The number of nitrogens with two attached hydrogens (primary N) is 1. The molecule has 0 fully saturated rings. The fourth-order valence-electron chi connectivity index (χ4n) is 3.43. The van der Waals surface area contributed by atoms with Crippen LogP contribution in [0.4, 0.5) is 27.8 Å². The van der Waals surface area contributed by atoms with Crippen LogP contribution in [0.15, 0.2) is 28.5 Å². The molecule has 0 atom stereocenters. The van der Waals surface area contributed by atoms with Crippen molar-refractivity contribution in [2.45, 2.75) is 23.0 Å². The molecular weight excluding hydrogens is 480 g/mol. The van der Waals surface area contributed by atoms with Crippen molar-refractivity contribution in [3.8, 4) is 11.5 Å². The van der Waals surface area contributed by atoms with Gasteiger partial charge in [0.15, 0.2) is 56.9 Å².